The molecule has 2 aliphatic rings. The Morgan fingerprint density at radius 1 is 0.964 bits per heavy atom. The number of hydrogen-bond acceptors (Lipinski definition) is 6. The second-order valence-electron chi connectivity index (χ2n) is 7.50. The van der Waals surface area contributed by atoms with E-state index < -0.39 is 0 Å². The highest BCUT2D eigenvalue weighted by atomic mass is 16.5. The summed E-state index contributed by atoms with van der Waals surface area (Å²) in [7, 11) is 0. The van der Waals surface area contributed by atoms with Crippen LogP contribution in [0, 0.1) is 0 Å². The smallest absolute Gasteiger partial charge is 0.225 e. The van der Waals surface area contributed by atoms with Gasteiger partial charge in [0.2, 0.25) is 5.95 Å². The SMILES string of the molecule is c1cnc(N2CCC3(CC2)CC(Nc2cccnc2)c2ccccc2O3)nc1. The van der Waals surface area contributed by atoms with Crippen molar-refractivity contribution < 1.29 is 4.74 Å². The Balaban J connectivity index is 1.38. The van der Waals surface area contributed by atoms with Crippen LogP contribution in [-0.4, -0.2) is 33.6 Å². The van der Waals surface area contributed by atoms with Crippen LogP contribution in [0.1, 0.15) is 30.9 Å². The normalized spacial score (nSPS) is 20.3. The van der Waals surface area contributed by atoms with E-state index in [9.17, 15) is 0 Å². The minimum absolute atomic E-state index is 0.167. The molecule has 4 heterocycles. The summed E-state index contributed by atoms with van der Waals surface area (Å²) >= 11 is 0. The molecule has 2 aromatic heterocycles. The lowest BCUT2D eigenvalue weighted by Gasteiger charge is -2.47. The Morgan fingerprint density at radius 2 is 1.79 bits per heavy atom. The average Bonchev–Trinajstić information content (AvgIpc) is 2.76. The molecule has 1 aromatic carbocycles. The van der Waals surface area contributed by atoms with Gasteiger partial charge in [0.25, 0.3) is 0 Å². The third-order valence-corrected chi connectivity index (χ3v) is 5.71. The molecule has 1 unspecified atom stereocenters. The van der Waals surface area contributed by atoms with Crippen LogP contribution in [-0.2, 0) is 0 Å². The van der Waals surface area contributed by atoms with E-state index in [0.717, 1.165) is 49.7 Å². The molecule has 0 aliphatic carbocycles. The second kappa shape index (κ2) is 7.11. The molecule has 1 spiro atoms. The molecule has 3 aromatic rings. The van der Waals surface area contributed by atoms with Gasteiger partial charge >= 0.3 is 0 Å². The Hall–Kier alpha value is -3.15. The highest BCUT2D eigenvalue weighted by Crippen LogP contribution is 2.45. The standard InChI is InChI=1S/C22H23N5O/c1-2-7-20-18(6-1)19(26-17-5-3-10-23-16-17)15-22(28-20)8-13-27(14-9-22)21-24-11-4-12-25-21/h1-7,10-12,16,19,26H,8-9,13-15H2. The fraction of sp³-hybridized carbons (Fsp3) is 0.318. The van der Waals surface area contributed by atoms with Gasteiger partial charge in [0.1, 0.15) is 11.4 Å². The summed E-state index contributed by atoms with van der Waals surface area (Å²) < 4.78 is 6.59. The molecule has 0 saturated carbocycles. The predicted octanol–water partition coefficient (Wildman–Crippen LogP) is 3.85. The number of rotatable bonds is 3. The first-order chi connectivity index (χ1) is 13.8. The van der Waals surface area contributed by atoms with Crippen LogP contribution < -0.4 is 15.0 Å². The van der Waals surface area contributed by atoms with E-state index in [2.05, 4.69) is 49.4 Å². The van der Waals surface area contributed by atoms with Crippen molar-refractivity contribution >= 4 is 11.6 Å². The number of anilines is 2. The maximum absolute atomic E-state index is 6.59. The van der Waals surface area contributed by atoms with Crippen molar-refractivity contribution in [3.8, 4) is 5.75 Å². The van der Waals surface area contributed by atoms with Crippen molar-refractivity contribution in [1.29, 1.82) is 0 Å². The zero-order valence-corrected chi connectivity index (χ0v) is 15.7. The van der Waals surface area contributed by atoms with Crippen LogP contribution in [0.3, 0.4) is 0 Å². The topological polar surface area (TPSA) is 63.2 Å². The lowest BCUT2D eigenvalue weighted by molar-refractivity contribution is 0.0153. The van der Waals surface area contributed by atoms with Crippen LogP contribution in [0.25, 0.3) is 0 Å². The number of fused-ring (bicyclic) bond motifs is 1. The van der Waals surface area contributed by atoms with Gasteiger partial charge in [-0.2, -0.15) is 0 Å². The van der Waals surface area contributed by atoms with Gasteiger partial charge in [-0.3, -0.25) is 4.98 Å². The summed E-state index contributed by atoms with van der Waals surface area (Å²) in [5.74, 6) is 1.79. The number of para-hydroxylation sites is 1. The monoisotopic (exact) mass is 373 g/mol. The molecular weight excluding hydrogens is 350 g/mol. The van der Waals surface area contributed by atoms with Crippen LogP contribution in [0.4, 0.5) is 11.6 Å². The predicted molar refractivity (Wildman–Crippen MR) is 108 cm³/mol. The van der Waals surface area contributed by atoms with Crippen molar-refractivity contribution in [2.75, 3.05) is 23.3 Å². The van der Waals surface area contributed by atoms with Crippen LogP contribution >= 0.6 is 0 Å². The van der Waals surface area contributed by atoms with Gasteiger partial charge in [-0.25, -0.2) is 9.97 Å². The van der Waals surface area contributed by atoms with E-state index in [1.807, 2.05) is 24.4 Å². The van der Waals surface area contributed by atoms with E-state index in [1.165, 1.54) is 5.56 Å². The van der Waals surface area contributed by atoms with Gasteiger partial charge in [0, 0.05) is 62.7 Å². The molecule has 142 valence electrons. The number of ether oxygens (including phenoxy) is 1. The number of aromatic nitrogens is 3. The molecule has 6 heteroatoms. The Labute approximate surface area is 164 Å². The zero-order chi connectivity index (χ0) is 18.8. The van der Waals surface area contributed by atoms with E-state index >= 15 is 0 Å². The summed E-state index contributed by atoms with van der Waals surface area (Å²) in [4.78, 5) is 15.3. The van der Waals surface area contributed by atoms with Gasteiger partial charge in [0.05, 0.1) is 11.7 Å². The maximum atomic E-state index is 6.59. The second-order valence-corrected chi connectivity index (χ2v) is 7.50. The third kappa shape index (κ3) is 3.26. The first-order valence-corrected chi connectivity index (χ1v) is 9.78. The van der Waals surface area contributed by atoms with Crippen molar-refractivity contribution in [2.45, 2.75) is 30.9 Å². The Morgan fingerprint density at radius 3 is 2.57 bits per heavy atom. The molecule has 2 aliphatic heterocycles. The number of piperidine rings is 1. The molecule has 1 fully saturated rings. The largest absolute Gasteiger partial charge is 0.487 e. The number of pyridine rings is 1. The van der Waals surface area contributed by atoms with Crippen molar-refractivity contribution in [1.82, 2.24) is 15.0 Å². The number of benzene rings is 1. The first-order valence-electron chi connectivity index (χ1n) is 9.78. The molecule has 1 atom stereocenters. The Bertz CT molecular complexity index is 926. The molecule has 0 radical (unpaired) electrons. The summed E-state index contributed by atoms with van der Waals surface area (Å²) in [6.07, 6.45) is 10.1. The lowest BCUT2D eigenvalue weighted by Crippen LogP contribution is -2.51. The zero-order valence-electron chi connectivity index (χ0n) is 15.7. The Kier molecular flexibility index (Phi) is 4.31. The fourth-order valence-corrected chi connectivity index (χ4v) is 4.27. The number of nitrogens with one attached hydrogen (secondary N) is 1. The molecule has 5 rings (SSSR count). The fourth-order valence-electron chi connectivity index (χ4n) is 4.27. The van der Waals surface area contributed by atoms with Gasteiger partial charge in [-0.1, -0.05) is 18.2 Å². The minimum atomic E-state index is -0.167. The van der Waals surface area contributed by atoms with Crippen LogP contribution in [0.2, 0.25) is 0 Å². The minimum Gasteiger partial charge on any atom is -0.487 e. The highest BCUT2D eigenvalue weighted by molar-refractivity contribution is 5.48. The van der Waals surface area contributed by atoms with E-state index in [0.29, 0.717) is 0 Å². The molecule has 6 nitrogen and oxygen atoms in total. The van der Waals surface area contributed by atoms with Crippen molar-refractivity contribution in [3.05, 3.63) is 72.8 Å². The molecule has 0 bridgehead atoms. The quantitative estimate of drug-likeness (QED) is 0.752. The maximum Gasteiger partial charge on any atom is 0.225 e. The van der Waals surface area contributed by atoms with Crippen molar-refractivity contribution in [2.24, 2.45) is 0 Å². The molecule has 1 saturated heterocycles. The number of nitrogens with zero attached hydrogens (tertiary/aromatic N) is 4. The van der Waals surface area contributed by atoms with Crippen molar-refractivity contribution in [3.63, 3.8) is 0 Å². The van der Waals surface area contributed by atoms with E-state index in [1.54, 1.807) is 18.6 Å². The van der Waals surface area contributed by atoms with Gasteiger partial charge in [-0.05, 0) is 24.3 Å². The summed E-state index contributed by atoms with van der Waals surface area (Å²) in [6, 6.07) is 14.4. The van der Waals surface area contributed by atoms with Crippen LogP contribution in [0.15, 0.2) is 67.3 Å². The summed E-state index contributed by atoms with van der Waals surface area (Å²) in [6.45, 7) is 1.79. The summed E-state index contributed by atoms with van der Waals surface area (Å²) in [5, 5.41) is 3.67. The lowest BCUT2D eigenvalue weighted by atomic mass is 9.80. The van der Waals surface area contributed by atoms with E-state index in [4.69, 9.17) is 4.74 Å². The molecule has 1 N–H and O–H groups in total. The highest BCUT2D eigenvalue weighted by Gasteiger charge is 2.43. The molecular formula is C22H23N5O. The molecule has 0 amide bonds. The van der Waals surface area contributed by atoms with Crippen LogP contribution in [0.5, 0.6) is 5.75 Å². The number of hydrogen-bond donors (Lipinski definition) is 1. The third-order valence-electron chi connectivity index (χ3n) is 5.71. The first kappa shape index (κ1) is 17.0. The van der Waals surface area contributed by atoms with Gasteiger partial charge in [-0.15, -0.1) is 0 Å². The molecule has 28 heavy (non-hydrogen) atoms. The van der Waals surface area contributed by atoms with Gasteiger partial charge in [0.15, 0.2) is 0 Å². The van der Waals surface area contributed by atoms with E-state index in [-0.39, 0.29) is 11.6 Å². The summed E-state index contributed by atoms with van der Waals surface area (Å²) in [5.41, 5.74) is 2.08. The van der Waals surface area contributed by atoms with Gasteiger partial charge < -0.3 is 15.0 Å². The average molecular weight is 373 g/mol.